The number of anilines is 1. The Hall–Kier alpha value is -3.61. The number of benzene rings is 2. The first-order chi connectivity index (χ1) is 21.3. The number of hydrogen-bond acceptors (Lipinski definition) is 7. The van der Waals surface area contributed by atoms with Crippen molar-refractivity contribution in [2.24, 2.45) is 5.92 Å². The van der Waals surface area contributed by atoms with Crippen LogP contribution in [0.1, 0.15) is 76.3 Å². The molecule has 2 unspecified atom stereocenters. The Kier molecular flexibility index (Phi) is 10.4. The van der Waals surface area contributed by atoms with Crippen molar-refractivity contribution in [2.75, 3.05) is 31.6 Å². The summed E-state index contributed by atoms with van der Waals surface area (Å²) < 4.78 is 13.1. The molecule has 1 saturated heterocycles. The summed E-state index contributed by atoms with van der Waals surface area (Å²) >= 11 is 3.71. The Balaban J connectivity index is 1.42. The van der Waals surface area contributed by atoms with E-state index in [-0.39, 0.29) is 18.3 Å². The second-order valence-electron chi connectivity index (χ2n) is 11.8. The maximum atomic E-state index is 13.6. The number of hydrogen-bond donors (Lipinski definition) is 2. The number of rotatable bonds is 11. The molecule has 9 heteroatoms. The average molecular weight is 662 g/mol. The number of nitrogens with zero attached hydrogens (tertiary/aromatic N) is 2. The number of ketones is 1. The number of carbonyl (C=O) groups excluding carboxylic acids is 2. The summed E-state index contributed by atoms with van der Waals surface area (Å²) in [7, 11) is 0. The summed E-state index contributed by atoms with van der Waals surface area (Å²) in [6, 6.07) is 13.8. The number of nitrogens with one attached hydrogen (secondary N) is 2. The second-order valence-corrected chi connectivity index (χ2v) is 12.7. The van der Waals surface area contributed by atoms with E-state index in [4.69, 9.17) is 9.47 Å². The highest BCUT2D eigenvalue weighted by molar-refractivity contribution is 9.10. The van der Waals surface area contributed by atoms with E-state index in [0.717, 1.165) is 67.7 Å². The fourth-order valence-corrected chi connectivity index (χ4v) is 7.20. The number of dihydropyridines is 1. The van der Waals surface area contributed by atoms with Gasteiger partial charge in [-0.05, 0) is 98.2 Å². The molecule has 0 bridgehead atoms. The van der Waals surface area contributed by atoms with Crippen molar-refractivity contribution < 1.29 is 19.1 Å². The third-order valence-corrected chi connectivity index (χ3v) is 9.21. The van der Waals surface area contributed by atoms with Crippen molar-refractivity contribution in [1.82, 2.24) is 10.2 Å². The first kappa shape index (κ1) is 31.8. The average Bonchev–Trinajstić information content (AvgIpc) is 3.50. The van der Waals surface area contributed by atoms with Crippen LogP contribution in [-0.4, -0.2) is 42.8 Å². The zero-order chi connectivity index (χ0) is 31.2. The monoisotopic (exact) mass is 660 g/mol. The van der Waals surface area contributed by atoms with Gasteiger partial charge in [0.1, 0.15) is 6.61 Å². The molecule has 2 aliphatic heterocycles. The number of likely N-dealkylation sites (tertiary alicyclic amines) is 1. The number of allylic oxidation sites excluding steroid dienone is 4. The number of nitriles is 1. The lowest BCUT2D eigenvalue weighted by Gasteiger charge is -2.35. The van der Waals surface area contributed by atoms with Crippen molar-refractivity contribution in [3.05, 3.63) is 74.5 Å². The van der Waals surface area contributed by atoms with Gasteiger partial charge in [-0.25, -0.2) is 0 Å². The maximum Gasteiger partial charge on any atom is 0.238 e. The van der Waals surface area contributed by atoms with Gasteiger partial charge in [-0.1, -0.05) is 31.5 Å². The molecule has 2 heterocycles. The van der Waals surface area contributed by atoms with Crippen LogP contribution in [0.25, 0.3) is 0 Å². The minimum Gasteiger partial charge on any atom is -0.490 e. The molecule has 0 radical (unpaired) electrons. The van der Waals surface area contributed by atoms with E-state index in [1.165, 1.54) is 0 Å². The van der Waals surface area contributed by atoms with Crippen molar-refractivity contribution >= 4 is 33.3 Å². The second kappa shape index (κ2) is 14.4. The molecule has 1 aliphatic carbocycles. The Labute approximate surface area is 268 Å². The zero-order valence-electron chi connectivity index (χ0n) is 25.8. The first-order valence-electron chi connectivity index (χ1n) is 15.7. The normalized spacial score (nSPS) is 20.2. The van der Waals surface area contributed by atoms with Gasteiger partial charge in [0, 0.05) is 34.6 Å². The SMILES string of the molecule is CCCC1CC(=O)C2=C(C1)NC(C)=C(C#N)C2c1cc(Br)c(OCc2ccccc2NC(=O)CN2CCCC2)c(OCC)c1. The van der Waals surface area contributed by atoms with Gasteiger partial charge in [-0.3, -0.25) is 14.5 Å². The molecule has 2 atom stereocenters. The van der Waals surface area contributed by atoms with Crippen LogP contribution < -0.4 is 20.1 Å². The maximum absolute atomic E-state index is 13.6. The number of Topliss-reactive ketones (excluding diaryl/α,β-unsaturated/α-hetero) is 1. The quantitative estimate of drug-likeness (QED) is 0.268. The highest BCUT2D eigenvalue weighted by Gasteiger charge is 2.39. The van der Waals surface area contributed by atoms with E-state index >= 15 is 0 Å². The molecule has 0 spiro atoms. The number of ether oxygens (including phenoxy) is 2. The molecule has 0 aromatic heterocycles. The number of amides is 1. The van der Waals surface area contributed by atoms with Crippen molar-refractivity contribution in [1.29, 1.82) is 5.26 Å². The van der Waals surface area contributed by atoms with E-state index in [9.17, 15) is 14.9 Å². The summed E-state index contributed by atoms with van der Waals surface area (Å²) in [5.74, 6) is 0.933. The van der Waals surface area contributed by atoms with Gasteiger partial charge in [0.05, 0.1) is 35.2 Å². The highest BCUT2D eigenvalue weighted by Crippen LogP contribution is 2.47. The van der Waals surface area contributed by atoms with Crippen LogP contribution in [0.15, 0.2) is 63.4 Å². The summed E-state index contributed by atoms with van der Waals surface area (Å²) in [5, 5.41) is 16.6. The van der Waals surface area contributed by atoms with E-state index in [2.05, 4.69) is 44.5 Å². The lowest BCUT2D eigenvalue weighted by molar-refractivity contribution is -0.118. The van der Waals surface area contributed by atoms with E-state index in [1.807, 2.05) is 50.2 Å². The lowest BCUT2D eigenvalue weighted by Crippen LogP contribution is -2.34. The zero-order valence-corrected chi connectivity index (χ0v) is 27.4. The van der Waals surface area contributed by atoms with Crippen LogP contribution in [0, 0.1) is 17.2 Å². The summed E-state index contributed by atoms with van der Waals surface area (Å²) in [6.45, 7) is 8.86. The molecule has 0 saturated carbocycles. The van der Waals surface area contributed by atoms with E-state index in [1.54, 1.807) is 0 Å². The standard InChI is InChI=1S/C35H41BrN4O4/c1-4-10-23-15-29-34(30(41)16-23)33(26(19-37)22(3)38-29)25-17-27(36)35(31(18-25)43-5-2)44-21-24-11-6-7-12-28(24)39-32(42)20-40-13-8-9-14-40/h6-7,11-12,17-18,23,33,38H,4-5,8-10,13-16,20-21H2,1-3H3,(H,39,42). The van der Waals surface area contributed by atoms with Crippen LogP contribution in [0.4, 0.5) is 5.69 Å². The highest BCUT2D eigenvalue weighted by atomic mass is 79.9. The molecular weight excluding hydrogens is 620 g/mol. The fourth-order valence-electron chi connectivity index (χ4n) is 6.62. The van der Waals surface area contributed by atoms with Gasteiger partial charge >= 0.3 is 0 Å². The topological polar surface area (TPSA) is 104 Å². The minimum atomic E-state index is -0.484. The third kappa shape index (κ3) is 7.03. The molecule has 2 aromatic rings. The number of carbonyl (C=O) groups is 2. The molecule has 44 heavy (non-hydrogen) atoms. The largest absolute Gasteiger partial charge is 0.490 e. The molecule has 2 N–H and O–H groups in total. The van der Waals surface area contributed by atoms with Crippen LogP contribution in [0.3, 0.4) is 0 Å². The molecular formula is C35H41BrN4O4. The predicted octanol–water partition coefficient (Wildman–Crippen LogP) is 6.98. The smallest absolute Gasteiger partial charge is 0.238 e. The Morgan fingerprint density at radius 3 is 2.66 bits per heavy atom. The van der Waals surface area contributed by atoms with Crippen LogP contribution in [0.2, 0.25) is 0 Å². The van der Waals surface area contributed by atoms with Gasteiger partial charge in [-0.15, -0.1) is 0 Å². The first-order valence-corrected chi connectivity index (χ1v) is 16.4. The summed E-state index contributed by atoms with van der Waals surface area (Å²) in [6.07, 6.45) is 5.60. The Bertz CT molecular complexity index is 1520. The van der Waals surface area contributed by atoms with Crippen molar-refractivity contribution in [3.63, 3.8) is 0 Å². The molecule has 3 aliphatic rings. The van der Waals surface area contributed by atoms with Crippen LogP contribution in [0.5, 0.6) is 11.5 Å². The third-order valence-electron chi connectivity index (χ3n) is 8.62. The Morgan fingerprint density at radius 1 is 1.16 bits per heavy atom. The summed E-state index contributed by atoms with van der Waals surface area (Å²) in [4.78, 5) is 28.5. The van der Waals surface area contributed by atoms with Gasteiger partial charge in [0.15, 0.2) is 17.3 Å². The van der Waals surface area contributed by atoms with Gasteiger partial charge < -0.3 is 20.1 Å². The lowest BCUT2D eigenvalue weighted by atomic mass is 9.72. The number of para-hydroxylation sites is 1. The van der Waals surface area contributed by atoms with Gasteiger partial charge in [0.25, 0.3) is 0 Å². The van der Waals surface area contributed by atoms with E-state index < -0.39 is 5.92 Å². The fraction of sp³-hybridized carbons (Fsp3) is 0.457. The van der Waals surface area contributed by atoms with Crippen molar-refractivity contribution in [2.45, 2.75) is 71.8 Å². The minimum absolute atomic E-state index is 0.0366. The van der Waals surface area contributed by atoms with Crippen LogP contribution in [-0.2, 0) is 16.2 Å². The molecule has 1 amide bonds. The summed E-state index contributed by atoms with van der Waals surface area (Å²) in [5.41, 5.74) is 5.28. The predicted molar refractivity (Wildman–Crippen MR) is 174 cm³/mol. The molecule has 8 nitrogen and oxygen atoms in total. The number of halogens is 1. The molecule has 1 fully saturated rings. The molecule has 5 rings (SSSR count). The molecule has 232 valence electrons. The van der Waals surface area contributed by atoms with E-state index in [0.29, 0.717) is 58.3 Å². The van der Waals surface area contributed by atoms with Crippen molar-refractivity contribution in [3.8, 4) is 17.6 Å². The van der Waals surface area contributed by atoms with Gasteiger partial charge in [0.2, 0.25) is 5.91 Å². The van der Waals surface area contributed by atoms with Crippen LogP contribution >= 0.6 is 15.9 Å². The van der Waals surface area contributed by atoms with Gasteiger partial charge in [-0.2, -0.15) is 5.26 Å². The molecule has 2 aromatic carbocycles. The Morgan fingerprint density at radius 2 is 1.93 bits per heavy atom.